The van der Waals surface area contributed by atoms with Gasteiger partial charge >= 0.3 is 6.18 Å². The Morgan fingerprint density at radius 1 is 1.22 bits per heavy atom. The second-order valence-electron chi connectivity index (χ2n) is 5.30. The van der Waals surface area contributed by atoms with Crippen molar-refractivity contribution < 1.29 is 13.2 Å². The maximum Gasteiger partial charge on any atom is 0.417 e. The van der Waals surface area contributed by atoms with Gasteiger partial charge in [0.05, 0.1) is 5.56 Å². The van der Waals surface area contributed by atoms with Crippen LogP contribution in [-0.4, -0.2) is 10.5 Å². The van der Waals surface area contributed by atoms with Gasteiger partial charge in [0, 0.05) is 17.2 Å². The van der Waals surface area contributed by atoms with Crippen molar-refractivity contribution in [1.82, 2.24) is 4.98 Å². The molecule has 3 rings (SSSR count). The molecule has 0 bridgehead atoms. The summed E-state index contributed by atoms with van der Waals surface area (Å²) >= 11 is 5.97. The summed E-state index contributed by atoms with van der Waals surface area (Å²) in [6.07, 6.45) is -0.330. The Bertz CT molecular complexity index is 505. The minimum Gasteiger partial charge on any atom is -0.324 e. The predicted molar refractivity (Wildman–Crippen MR) is 61.3 cm³/mol. The minimum absolute atomic E-state index is 0.150. The van der Waals surface area contributed by atoms with Crippen molar-refractivity contribution in [2.24, 2.45) is 5.73 Å². The Kier molecular flexibility index (Phi) is 2.31. The van der Waals surface area contributed by atoms with E-state index in [1.807, 2.05) is 0 Å². The molecule has 1 aromatic rings. The van der Waals surface area contributed by atoms with Gasteiger partial charge in [0.2, 0.25) is 0 Å². The van der Waals surface area contributed by atoms with Crippen molar-refractivity contribution in [2.45, 2.75) is 42.8 Å². The molecule has 2 aliphatic carbocycles. The second kappa shape index (κ2) is 3.39. The number of pyridine rings is 1. The number of nitrogens with zero attached hydrogens (tertiary/aromatic N) is 1. The molecule has 2 saturated carbocycles. The zero-order valence-electron chi connectivity index (χ0n) is 9.52. The highest BCUT2D eigenvalue weighted by molar-refractivity contribution is 6.30. The van der Waals surface area contributed by atoms with Gasteiger partial charge in [-0.25, -0.2) is 4.98 Å². The lowest BCUT2D eigenvalue weighted by Crippen LogP contribution is -2.37. The van der Waals surface area contributed by atoms with Gasteiger partial charge in [-0.05, 0) is 37.3 Å². The van der Waals surface area contributed by atoms with Gasteiger partial charge in [0.25, 0.3) is 0 Å². The van der Waals surface area contributed by atoms with Crippen molar-refractivity contribution in [3.8, 4) is 0 Å². The Morgan fingerprint density at radius 3 is 2.28 bits per heavy atom. The first-order valence-corrected chi connectivity index (χ1v) is 6.18. The smallest absolute Gasteiger partial charge is 0.324 e. The lowest BCUT2D eigenvalue weighted by molar-refractivity contribution is -0.137. The van der Waals surface area contributed by atoms with Crippen LogP contribution in [0.1, 0.15) is 36.8 Å². The topological polar surface area (TPSA) is 38.9 Å². The summed E-state index contributed by atoms with van der Waals surface area (Å²) in [5.41, 5.74) is 5.15. The van der Waals surface area contributed by atoms with E-state index in [1.165, 1.54) is 0 Å². The lowest BCUT2D eigenvalue weighted by atomic mass is 9.86. The predicted octanol–water partition coefficient (Wildman–Crippen LogP) is 3.28. The molecule has 1 aromatic heterocycles. The summed E-state index contributed by atoms with van der Waals surface area (Å²) in [7, 11) is 0. The number of rotatable bonds is 2. The number of nitrogens with two attached hydrogens (primary N) is 1. The molecule has 2 aliphatic rings. The molecule has 0 radical (unpaired) electrons. The van der Waals surface area contributed by atoms with E-state index in [-0.39, 0.29) is 16.1 Å². The van der Waals surface area contributed by atoms with Gasteiger partial charge in [-0.15, -0.1) is 0 Å². The molecule has 2 fully saturated rings. The highest BCUT2D eigenvalue weighted by Crippen LogP contribution is 2.64. The summed E-state index contributed by atoms with van der Waals surface area (Å²) < 4.78 is 38.1. The van der Waals surface area contributed by atoms with Crippen LogP contribution in [0.2, 0.25) is 5.15 Å². The van der Waals surface area contributed by atoms with E-state index >= 15 is 0 Å². The van der Waals surface area contributed by atoms with Crippen LogP contribution in [0.15, 0.2) is 12.3 Å². The number of alkyl halides is 3. The molecule has 0 amide bonds. The molecular weight excluding hydrogens is 265 g/mol. The van der Waals surface area contributed by atoms with Crippen LogP contribution in [0, 0.1) is 0 Å². The summed E-state index contributed by atoms with van der Waals surface area (Å²) in [6, 6.07) is 1.12. The van der Waals surface area contributed by atoms with Gasteiger partial charge in [-0.3, -0.25) is 0 Å². The molecule has 2 nitrogen and oxygen atoms in total. The number of halogens is 4. The summed E-state index contributed by atoms with van der Waals surface area (Å²) in [5.74, 6) is 0. The fraction of sp³-hybridized carbons (Fsp3) is 0.583. The first kappa shape index (κ1) is 12.2. The zero-order chi connectivity index (χ0) is 13.2. The van der Waals surface area contributed by atoms with E-state index in [2.05, 4.69) is 4.98 Å². The van der Waals surface area contributed by atoms with E-state index in [4.69, 9.17) is 17.3 Å². The van der Waals surface area contributed by atoms with Crippen molar-refractivity contribution in [2.75, 3.05) is 0 Å². The van der Waals surface area contributed by atoms with E-state index in [0.717, 1.165) is 37.9 Å². The molecule has 18 heavy (non-hydrogen) atoms. The second-order valence-corrected chi connectivity index (χ2v) is 5.66. The fourth-order valence-electron chi connectivity index (χ4n) is 2.71. The minimum atomic E-state index is -4.40. The van der Waals surface area contributed by atoms with Gasteiger partial charge in [0.1, 0.15) is 5.15 Å². The maximum absolute atomic E-state index is 12.7. The van der Waals surface area contributed by atoms with Gasteiger partial charge in [0.15, 0.2) is 0 Å². The molecule has 6 heteroatoms. The Labute approximate surface area is 107 Å². The molecule has 0 unspecified atom stereocenters. The highest BCUT2D eigenvalue weighted by atomic mass is 35.5. The Balaban J connectivity index is 2.07. The van der Waals surface area contributed by atoms with E-state index in [9.17, 15) is 13.2 Å². The van der Waals surface area contributed by atoms with E-state index < -0.39 is 11.7 Å². The molecule has 98 valence electrons. The van der Waals surface area contributed by atoms with Crippen LogP contribution in [0.25, 0.3) is 0 Å². The van der Waals surface area contributed by atoms with Crippen LogP contribution < -0.4 is 5.73 Å². The van der Waals surface area contributed by atoms with Crippen molar-refractivity contribution in [1.29, 1.82) is 0 Å². The van der Waals surface area contributed by atoms with Crippen LogP contribution in [0.4, 0.5) is 13.2 Å². The Hall–Kier alpha value is -0.810. The average molecular weight is 277 g/mol. The van der Waals surface area contributed by atoms with Crippen molar-refractivity contribution >= 4 is 11.6 Å². The molecule has 0 spiro atoms. The number of hydrogen-bond donors (Lipinski definition) is 1. The molecular formula is C12H12ClF3N2. The van der Waals surface area contributed by atoms with E-state index in [0.29, 0.717) is 5.56 Å². The maximum atomic E-state index is 12.7. The molecule has 0 saturated heterocycles. The third-order valence-corrected chi connectivity index (χ3v) is 4.47. The standard InChI is InChI=1S/C12H12ClF3N2/c13-9-8(5-7(6-18-9)12(14,15)16)10(1-2-10)11(17)3-4-11/h5-6H,1-4,17H2. The molecule has 2 N–H and O–H groups in total. The SMILES string of the molecule is NC1(C2(c3cc(C(F)(F)F)cnc3Cl)CC2)CC1. The molecule has 0 aromatic carbocycles. The molecule has 0 atom stereocenters. The Morgan fingerprint density at radius 2 is 1.83 bits per heavy atom. The third-order valence-electron chi connectivity index (χ3n) is 4.17. The van der Waals surface area contributed by atoms with Crippen LogP contribution in [0.5, 0.6) is 0 Å². The third kappa shape index (κ3) is 1.64. The summed E-state index contributed by atoms with van der Waals surface area (Å²) in [4.78, 5) is 3.68. The fourth-order valence-corrected chi connectivity index (χ4v) is 3.00. The average Bonchev–Trinajstić information content (AvgIpc) is 3.13. The first-order valence-electron chi connectivity index (χ1n) is 5.81. The van der Waals surface area contributed by atoms with Crippen LogP contribution in [-0.2, 0) is 11.6 Å². The van der Waals surface area contributed by atoms with Gasteiger partial charge in [-0.1, -0.05) is 11.6 Å². The summed E-state index contributed by atoms with van der Waals surface area (Å²) in [5, 5.41) is 0.150. The largest absolute Gasteiger partial charge is 0.417 e. The zero-order valence-corrected chi connectivity index (χ0v) is 10.3. The van der Waals surface area contributed by atoms with Crippen molar-refractivity contribution in [3.05, 3.63) is 28.5 Å². The lowest BCUT2D eigenvalue weighted by Gasteiger charge is -2.24. The normalized spacial score (nSPS) is 23.8. The molecule has 1 heterocycles. The number of hydrogen-bond acceptors (Lipinski definition) is 2. The van der Waals surface area contributed by atoms with Crippen molar-refractivity contribution in [3.63, 3.8) is 0 Å². The quantitative estimate of drug-likeness (QED) is 0.842. The summed E-state index contributed by atoms with van der Waals surface area (Å²) in [6.45, 7) is 0. The van der Waals surface area contributed by atoms with Crippen LogP contribution >= 0.6 is 11.6 Å². The van der Waals surface area contributed by atoms with E-state index in [1.54, 1.807) is 0 Å². The monoisotopic (exact) mass is 276 g/mol. The number of aromatic nitrogens is 1. The van der Waals surface area contributed by atoms with Gasteiger partial charge < -0.3 is 5.73 Å². The van der Waals surface area contributed by atoms with Gasteiger partial charge in [-0.2, -0.15) is 13.2 Å². The highest BCUT2D eigenvalue weighted by Gasteiger charge is 2.65. The first-order chi connectivity index (χ1) is 8.29. The molecule has 0 aliphatic heterocycles. The van der Waals surface area contributed by atoms with Crippen LogP contribution in [0.3, 0.4) is 0 Å².